The van der Waals surface area contributed by atoms with Crippen LogP contribution in [-0.2, 0) is 16.3 Å². The van der Waals surface area contributed by atoms with Crippen molar-refractivity contribution in [1.82, 2.24) is 0 Å². The van der Waals surface area contributed by atoms with Gasteiger partial charge in [0, 0.05) is 6.04 Å². The molecule has 19 heavy (non-hydrogen) atoms. The molecule has 0 heterocycles. The second-order valence-electron chi connectivity index (χ2n) is 6.10. The van der Waals surface area contributed by atoms with E-state index in [0.717, 1.165) is 5.56 Å². The third-order valence-electron chi connectivity index (χ3n) is 3.33. The van der Waals surface area contributed by atoms with Gasteiger partial charge in [-0.05, 0) is 29.9 Å². The summed E-state index contributed by atoms with van der Waals surface area (Å²) in [7, 11) is -3.19. The van der Waals surface area contributed by atoms with E-state index < -0.39 is 9.84 Å². The van der Waals surface area contributed by atoms with Gasteiger partial charge < -0.3 is 5.73 Å². The Bertz CT molecular complexity index is 515. The number of benzene rings is 1. The molecule has 108 valence electrons. The summed E-state index contributed by atoms with van der Waals surface area (Å²) >= 11 is 0. The maximum Gasteiger partial charge on any atom is 0.178 e. The van der Waals surface area contributed by atoms with E-state index in [4.69, 9.17) is 5.73 Å². The van der Waals surface area contributed by atoms with Gasteiger partial charge in [0.05, 0.1) is 10.6 Å². The van der Waals surface area contributed by atoms with E-state index in [1.165, 1.54) is 0 Å². The van der Waals surface area contributed by atoms with Gasteiger partial charge in [0.15, 0.2) is 9.84 Å². The van der Waals surface area contributed by atoms with Crippen LogP contribution in [0.3, 0.4) is 0 Å². The Hall–Kier alpha value is -0.870. The summed E-state index contributed by atoms with van der Waals surface area (Å²) < 4.78 is 24.5. The van der Waals surface area contributed by atoms with Crippen LogP contribution in [-0.4, -0.2) is 20.2 Å². The van der Waals surface area contributed by atoms with Gasteiger partial charge in [-0.1, -0.05) is 45.9 Å². The fourth-order valence-corrected chi connectivity index (χ4v) is 3.49. The van der Waals surface area contributed by atoms with Gasteiger partial charge in [-0.25, -0.2) is 8.42 Å². The molecule has 0 fully saturated rings. The Morgan fingerprint density at radius 1 is 1.21 bits per heavy atom. The maximum atomic E-state index is 12.2. The number of nitrogens with two attached hydrogens (primary N) is 1. The van der Waals surface area contributed by atoms with Gasteiger partial charge in [0.1, 0.15) is 0 Å². The Morgan fingerprint density at radius 3 is 2.32 bits per heavy atom. The highest BCUT2D eigenvalue weighted by Gasteiger charge is 2.24. The van der Waals surface area contributed by atoms with Crippen molar-refractivity contribution in [3.05, 3.63) is 29.8 Å². The molecule has 1 atom stereocenters. The van der Waals surface area contributed by atoms with Crippen molar-refractivity contribution >= 4 is 9.84 Å². The molecule has 0 aliphatic rings. The lowest BCUT2D eigenvalue weighted by Crippen LogP contribution is -2.37. The summed E-state index contributed by atoms with van der Waals surface area (Å²) in [6.45, 7) is 8.09. The minimum atomic E-state index is -3.19. The van der Waals surface area contributed by atoms with Crippen LogP contribution in [0.1, 0.15) is 39.7 Å². The molecule has 0 saturated heterocycles. The lowest BCUT2D eigenvalue weighted by Gasteiger charge is -2.27. The molecule has 0 aliphatic heterocycles. The van der Waals surface area contributed by atoms with E-state index in [1.807, 2.05) is 19.1 Å². The normalized spacial score (nSPS) is 14.4. The molecule has 0 aromatic heterocycles. The van der Waals surface area contributed by atoms with Crippen LogP contribution in [0, 0.1) is 5.41 Å². The van der Waals surface area contributed by atoms with Crippen LogP contribution in [0.25, 0.3) is 0 Å². The smallest absolute Gasteiger partial charge is 0.178 e. The largest absolute Gasteiger partial charge is 0.327 e. The molecule has 2 N–H and O–H groups in total. The van der Waals surface area contributed by atoms with Crippen LogP contribution in [0.5, 0.6) is 0 Å². The highest BCUT2D eigenvalue weighted by molar-refractivity contribution is 7.91. The minimum absolute atomic E-state index is 0.0400. The van der Waals surface area contributed by atoms with Crippen molar-refractivity contribution in [3.63, 3.8) is 0 Å². The standard InChI is InChI=1S/C15H25NO2S/c1-5-10-19(17,18)13-9-7-6-8-12(13)11-14(16)15(2,3)4/h6-9,14H,5,10-11,16H2,1-4H3. The van der Waals surface area contributed by atoms with Gasteiger partial charge in [0.2, 0.25) is 0 Å². The van der Waals surface area contributed by atoms with Crippen LogP contribution in [0.2, 0.25) is 0 Å². The summed E-state index contributed by atoms with van der Waals surface area (Å²) in [5.74, 6) is 0.189. The quantitative estimate of drug-likeness (QED) is 0.904. The molecular weight excluding hydrogens is 258 g/mol. The summed E-state index contributed by atoms with van der Waals surface area (Å²) in [6, 6.07) is 7.14. The molecular formula is C15H25NO2S. The fraction of sp³-hybridized carbons (Fsp3) is 0.600. The van der Waals surface area contributed by atoms with E-state index in [0.29, 0.717) is 17.7 Å². The molecule has 0 spiro atoms. The van der Waals surface area contributed by atoms with Gasteiger partial charge in [0.25, 0.3) is 0 Å². The van der Waals surface area contributed by atoms with Crippen molar-refractivity contribution in [2.45, 2.75) is 51.5 Å². The van der Waals surface area contributed by atoms with Crippen molar-refractivity contribution in [2.75, 3.05) is 5.75 Å². The summed E-state index contributed by atoms with van der Waals surface area (Å²) in [4.78, 5) is 0.441. The van der Waals surface area contributed by atoms with Gasteiger partial charge in [-0.15, -0.1) is 0 Å². The van der Waals surface area contributed by atoms with Crippen molar-refractivity contribution in [1.29, 1.82) is 0 Å². The average molecular weight is 283 g/mol. The van der Waals surface area contributed by atoms with E-state index in [1.54, 1.807) is 12.1 Å². The molecule has 1 aromatic rings. The molecule has 4 heteroatoms. The first-order chi connectivity index (χ1) is 8.68. The Labute approximate surface area is 117 Å². The summed E-state index contributed by atoms with van der Waals surface area (Å²) in [6.07, 6.45) is 1.21. The Morgan fingerprint density at radius 2 is 1.79 bits per heavy atom. The monoisotopic (exact) mass is 283 g/mol. The Balaban J connectivity index is 3.11. The second-order valence-corrected chi connectivity index (χ2v) is 8.18. The third kappa shape index (κ3) is 4.32. The zero-order chi connectivity index (χ0) is 14.7. The van der Waals surface area contributed by atoms with E-state index in [-0.39, 0.29) is 17.2 Å². The molecule has 1 aromatic carbocycles. The molecule has 3 nitrogen and oxygen atoms in total. The van der Waals surface area contributed by atoms with Crippen LogP contribution >= 0.6 is 0 Å². The molecule has 0 radical (unpaired) electrons. The number of hydrogen-bond acceptors (Lipinski definition) is 3. The number of rotatable bonds is 5. The SMILES string of the molecule is CCCS(=O)(=O)c1ccccc1CC(N)C(C)(C)C. The molecule has 0 bridgehead atoms. The zero-order valence-corrected chi connectivity index (χ0v) is 13.1. The third-order valence-corrected chi connectivity index (χ3v) is 5.35. The predicted octanol–water partition coefficient (Wildman–Crippen LogP) is 2.79. The zero-order valence-electron chi connectivity index (χ0n) is 12.3. The van der Waals surface area contributed by atoms with Crippen LogP contribution < -0.4 is 5.73 Å². The molecule has 0 aliphatic carbocycles. The average Bonchev–Trinajstić information content (AvgIpc) is 2.28. The highest BCUT2D eigenvalue weighted by atomic mass is 32.2. The van der Waals surface area contributed by atoms with E-state index >= 15 is 0 Å². The Kier molecular flexibility index (Phi) is 5.16. The first-order valence-corrected chi connectivity index (χ1v) is 8.40. The van der Waals surface area contributed by atoms with Gasteiger partial charge >= 0.3 is 0 Å². The predicted molar refractivity (Wildman–Crippen MR) is 79.9 cm³/mol. The first kappa shape index (κ1) is 16.2. The fourth-order valence-electron chi connectivity index (χ4n) is 1.90. The lowest BCUT2D eigenvalue weighted by molar-refractivity contribution is 0.317. The van der Waals surface area contributed by atoms with Crippen molar-refractivity contribution in [2.24, 2.45) is 11.1 Å². The first-order valence-electron chi connectivity index (χ1n) is 6.74. The van der Waals surface area contributed by atoms with Crippen molar-refractivity contribution < 1.29 is 8.42 Å². The van der Waals surface area contributed by atoms with Crippen LogP contribution in [0.15, 0.2) is 29.2 Å². The molecule has 1 unspecified atom stereocenters. The number of sulfone groups is 1. The molecule has 0 saturated carbocycles. The minimum Gasteiger partial charge on any atom is -0.327 e. The van der Waals surface area contributed by atoms with Gasteiger partial charge in [-0.2, -0.15) is 0 Å². The van der Waals surface area contributed by atoms with Gasteiger partial charge in [-0.3, -0.25) is 0 Å². The van der Waals surface area contributed by atoms with E-state index in [9.17, 15) is 8.42 Å². The van der Waals surface area contributed by atoms with Crippen LogP contribution in [0.4, 0.5) is 0 Å². The molecule has 0 amide bonds. The number of hydrogen-bond donors (Lipinski definition) is 1. The summed E-state index contributed by atoms with van der Waals surface area (Å²) in [5.41, 5.74) is 6.97. The topological polar surface area (TPSA) is 60.2 Å². The van der Waals surface area contributed by atoms with Crippen molar-refractivity contribution in [3.8, 4) is 0 Å². The van der Waals surface area contributed by atoms with E-state index in [2.05, 4.69) is 20.8 Å². The lowest BCUT2D eigenvalue weighted by atomic mass is 9.84. The highest BCUT2D eigenvalue weighted by Crippen LogP contribution is 2.24. The maximum absolute atomic E-state index is 12.2. The molecule has 1 rings (SSSR count). The summed E-state index contributed by atoms with van der Waals surface area (Å²) in [5, 5.41) is 0. The second kappa shape index (κ2) is 6.06.